The summed E-state index contributed by atoms with van der Waals surface area (Å²) in [7, 11) is 0. The van der Waals surface area contributed by atoms with E-state index < -0.39 is 11.7 Å². The van der Waals surface area contributed by atoms with Crippen LogP contribution in [0, 0.1) is 6.92 Å². The summed E-state index contributed by atoms with van der Waals surface area (Å²) in [5.41, 5.74) is 0.661. The predicted molar refractivity (Wildman–Crippen MR) is 74.5 cm³/mol. The van der Waals surface area contributed by atoms with Crippen LogP contribution in [0.1, 0.15) is 25.0 Å². The van der Waals surface area contributed by atoms with E-state index in [0.717, 1.165) is 17.7 Å². The van der Waals surface area contributed by atoms with Crippen molar-refractivity contribution in [3.63, 3.8) is 0 Å². The largest absolute Gasteiger partial charge is 0.457 e. The molecule has 0 heterocycles. The molecule has 20 heavy (non-hydrogen) atoms. The number of halogens is 3. The molecular formula is C16H17F3O. The summed E-state index contributed by atoms with van der Waals surface area (Å²) >= 11 is 0. The number of alkyl halides is 3. The Morgan fingerprint density at radius 1 is 1.30 bits per heavy atom. The maximum Gasteiger partial charge on any atom is 0.416 e. The van der Waals surface area contributed by atoms with Crippen LogP contribution in [-0.2, 0) is 6.18 Å². The molecule has 1 nitrogen and oxygen atoms in total. The van der Waals surface area contributed by atoms with Crippen LogP contribution in [0.3, 0.4) is 0 Å². The highest BCUT2D eigenvalue weighted by Gasteiger charge is 2.30. The van der Waals surface area contributed by atoms with E-state index >= 15 is 0 Å². The molecule has 0 N–H and O–H groups in total. The zero-order valence-electron chi connectivity index (χ0n) is 11.7. The first kappa shape index (κ1) is 16.1. The lowest BCUT2D eigenvalue weighted by Gasteiger charge is -2.12. The lowest BCUT2D eigenvalue weighted by molar-refractivity contribution is -0.137. The number of hydrogen-bond donors (Lipinski definition) is 0. The van der Waals surface area contributed by atoms with Crippen molar-refractivity contribution in [1.82, 2.24) is 0 Å². The minimum absolute atomic E-state index is 0.402. The molecule has 0 aliphatic carbocycles. The fraction of sp³-hybridized carbons (Fsp3) is 0.250. The third kappa shape index (κ3) is 4.30. The highest BCUT2D eigenvalue weighted by molar-refractivity contribution is 5.39. The number of ether oxygens (including phenoxy) is 1. The van der Waals surface area contributed by atoms with Crippen LogP contribution in [0.2, 0.25) is 0 Å². The zero-order valence-corrected chi connectivity index (χ0v) is 11.7. The topological polar surface area (TPSA) is 9.23 Å². The Balaban J connectivity index is 3.02. The minimum Gasteiger partial charge on any atom is -0.457 e. The molecule has 0 saturated heterocycles. The summed E-state index contributed by atoms with van der Waals surface area (Å²) in [5.74, 6) is 0.962. The van der Waals surface area contributed by atoms with Gasteiger partial charge in [0.2, 0.25) is 0 Å². The molecule has 0 aliphatic rings. The Kier molecular flexibility index (Phi) is 5.19. The van der Waals surface area contributed by atoms with Gasteiger partial charge in [0.15, 0.2) is 0 Å². The average molecular weight is 282 g/mol. The van der Waals surface area contributed by atoms with Gasteiger partial charge in [0.05, 0.1) is 5.56 Å². The van der Waals surface area contributed by atoms with E-state index in [1.807, 2.05) is 6.92 Å². The molecule has 0 aliphatic heterocycles. The number of aryl methyl sites for hydroxylation is 1. The van der Waals surface area contributed by atoms with Gasteiger partial charge in [-0.1, -0.05) is 12.7 Å². The van der Waals surface area contributed by atoms with Crippen LogP contribution >= 0.6 is 0 Å². The Bertz CT molecular complexity index is 551. The van der Waals surface area contributed by atoms with Crippen LogP contribution < -0.4 is 4.74 Å². The van der Waals surface area contributed by atoms with Crippen molar-refractivity contribution in [2.24, 2.45) is 0 Å². The van der Waals surface area contributed by atoms with Crippen LogP contribution in [0.5, 0.6) is 5.75 Å². The van der Waals surface area contributed by atoms with Gasteiger partial charge in [-0.25, -0.2) is 0 Å². The molecule has 0 fully saturated rings. The number of benzene rings is 1. The van der Waals surface area contributed by atoms with E-state index in [9.17, 15) is 13.2 Å². The Morgan fingerprint density at radius 3 is 2.40 bits per heavy atom. The molecule has 1 aromatic rings. The molecule has 0 amide bonds. The lowest BCUT2D eigenvalue weighted by Crippen LogP contribution is -2.05. The average Bonchev–Trinajstić information content (AvgIpc) is 2.38. The summed E-state index contributed by atoms with van der Waals surface area (Å²) in [5, 5.41) is 0. The first-order chi connectivity index (χ1) is 9.27. The first-order valence-electron chi connectivity index (χ1n) is 6.10. The van der Waals surface area contributed by atoms with E-state index in [1.165, 1.54) is 6.07 Å². The van der Waals surface area contributed by atoms with Crippen LogP contribution in [0.4, 0.5) is 13.2 Å². The van der Waals surface area contributed by atoms with Crippen LogP contribution in [-0.4, -0.2) is 0 Å². The maximum atomic E-state index is 12.6. The second kappa shape index (κ2) is 6.46. The molecule has 108 valence electrons. The smallest absolute Gasteiger partial charge is 0.416 e. The van der Waals surface area contributed by atoms with Crippen molar-refractivity contribution in [3.8, 4) is 5.75 Å². The van der Waals surface area contributed by atoms with E-state index in [-0.39, 0.29) is 0 Å². The van der Waals surface area contributed by atoms with Crippen molar-refractivity contribution in [2.75, 3.05) is 0 Å². The molecule has 4 heteroatoms. The molecule has 0 unspecified atom stereocenters. The van der Waals surface area contributed by atoms with Crippen molar-refractivity contribution < 1.29 is 17.9 Å². The fourth-order valence-electron chi connectivity index (χ4n) is 1.52. The summed E-state index contributed by atoms with van der Waals surface area (Å²) in [6.45, 7) is 8.87. The maximum absolute atomic E-state index is 12.6. The number of hydrogen-bond acceptors (Lipinski definition) is 1. The van der Waals surface area contributed by atoms with E-state index in [1.54, 1.807) is 32.1 Å². The van der Waals surface area contributed by atoms with Gasteiger partial charge in [-0.15, -0.1) is 0 Å². The Labute approximate surface area is 117 Å². The second-order valence-corrected chi connectivity index (χ2v) is 4.36. The van der Waals surface area contributed by atoms with E-state index in [0.29, 0.717) is 17.1 Å². The Hall–Kier alpha value is -1.97. The van der Waals surface area contributed by atoms with Crippen LogP contribution in [0.15, 0.2) is 54.3 Å². The SMILES string of the molecule is C=C/C(C)=C\C(=C/C)Oc1ccc(C(F)(F)F)cc1C. The minimum atomic E-state index is -4.34. The number of rotatable bonds is 4. The quantitative estimate of drug-likeness (QED) is 0.528. The van der Waals surface area contributed by atoms with Gasteiger partial charge < -0.3 is 4.74 Å². The first-order valence-corrected chi connectivity index (χ1v) is 6.10. The van der Waals surface area contributed by atoms with Crippen LogP contribution in [0.25, 0.3) is 0 Å². The molecule has 0 aromatic heterocycles. The second-order valence-electron chi connectivity index (χ2n) is 4.36. The van der Waals surface area contributed by atoms with Crippen molar-refractivity contribution in [3.05, 3.63) is 65.5 Å². The summed E-state index contributed by atoms with van der Waals surface area (Å²) < 4.78 is 43.3. The van der Waals surface area contributed by atoms with Crippen molar-refractivity contribution in [1.29, 1.82) is 0 Å². The van der Waals surface area contributed by atoms with Crippen molar-refractivity contribution in [2.45, 2.75) is 26.9 Å². The third-order valence-corrected chi connectivity index (χ3v) is 2.71. The molecule has 0 radical (unpaired) electrons. The summed E-state index contributed by atoms with van der Waals surface area (Å²) in [6.07, 6.45) is 0.840. The van der Waals surface area contributed by atoms with Crippen molar-refractivity contribution >= 4 is 0 Å². The highest BCUT2D eigenvalue weighted by Crippen LogP contribution is 2.32. The van der Waals surface area contributed by atoms with Gasteiger partial charge in [-0.05, 0) is 62.3 Å². The third-order valence-electron chi connectivity index (χ3n) is 2.71. The fourth-order valence-corrected chi connectivity index (χ4v) is 1.52. The molecule has 0 saturated carbocycles. The van der Waals surface area contributed by atoms with Gasteiger partial charge in [0, 0.05) is 0 Å². The normalized spacial score (nSPS) is 13.3. The van der Waals surface area contributed by atoms with E-state index in [2.05, 4.69) is 6.58 Å². The van der Waals surface area contributed by atoms with Gasteiger partial charge >= 0.3 is 6.18 Å². The zero-order chi connectivity index (χ0) is 15.3. The number of allylic oxidation sites excluding steroid dienone is 4. The highest BCUT2D eigenvalue weighted by atomic mass is 19.4. The monoisotopic (exact) mass is 282 g/mol. The molecule has 0 spiro atoms. The van der Waals surface area contributed by atoms with Gasteiger partial charge in [0.25, 0.3) is 0 Å². The predicted octanol–water partition coefficient (Wildman–Crippen LogP) is 5.43. The molecule has 1 rings (SSSR count). The van der Waals surface area contributed by atoms with Gasteiger partial charge in [-0.3, -0.25) is 0 Å². The summed E-state index contributed by atoms with van der Waals surface area (Å²) in [4.78, 5) is 0. The lowest BCUT2D eigenvalue weighted by atomic mass is 10.1. The van der Waals surface area contributed by atoms with Gasteiger partial charge in [-0.2, -0.15) is 13.2 Å². The van der Waals surface area contributed by atoms with E-state index in [4.69, 9.17) is 4.74 Å². The molecule has 1 aromatic carbocycles. The van der Waals surface area contributed by atoms with Gasteiger partial charge in [0.1, 0.15) is 11.5 Å². The molecule has 0 bridgehead atoms. The molecular weight excluding hydrogens is 265 g/mol. The summed E-state index contributed by atoms with van der Waals surface area (Å²) in [6, 6.07) is 3.42. The Morgan fingerprint density at radius 2 is 1.95 bits per heavy atom. The standard InChI is InChI=1S/C16H17F3O/c1-5-11(3)9-14(6-2)20-15-8-7-13(10-12(15)4)16(17,18)19/h5-10H,1H2,2-4H3/b11-9-,14-6+. The molecule has 0 atom stereocenters.